The quantitative estimate of drug-likeness (QED) is 0.715. The number of hydrogen-bond donors (Lipinski definition) is 2. The maximum Gasteiger partial charge on any atom is 0.387 e. The summed E-state index contributed by atoms with van der Waals surface area (Å²) in [4.78, 5) is 22.1. The van der Waals surface area contributed by atoms with Crippen molar-refractivity contribution in [2.24, 2.45) is 0 Å². The molecule has 0 bridgehead atoms. The molecule has 0 aliphatic carbocycles. The minimum absolute atomic E-state index is 0.0912. The van der Waals surface area contributed by atoms with E-state index in [0.29, 0.717) is 19.5 Å². The van der Waals surface area contributed by atoms with Crippen molar-refractivity contribution in [2.75, 3.05) is 13.1 Å². The van der Waals surface area contributed by atoms with Gasteiger partial charge in [-0.05, 0) is 24.1 Å². The molecule has 1 rings (SSSR count). The van der Waals surface area contributed by atoms with E-state index in [-0.39, 0.29) is 24.0 Å². The van der Waals surface area contributed by atoms with Crippen molar-refractivity contribution >= 4 is 11.8 Å². The summed E-state index contributed by atoms with van der Waals surface area (Å²) in [7, 11) is 0. The van der Waals surface area contributed by atoms with E-state index in [1.165, 1.54) is 19.1 Å². The van der Waals surface area contributed by atoms with Crippen LogP contribution < -0.4 is 15.4 Å². The molecular formula is C14H18F2N2O3. The third kappa shape index (κ3) is 7.86. The van der Waals surface area contributed by atoms with E-state index < -0.39 is 6.61 Å². The van der Waals surface area contributed by atoms with Crippen LogP contribution in [0.5, 0.6) is 5.75 Å². The van der Waals surface area contributed by atoms with Crippen LogP contribution in [0.3, 0.4) is 0 Å². The second kappa shape index (κ2) is 8.89. The van der Waals surface area contributed by atoms with Crippen LogP contribution in [-0.4, -0.2) is 31.5 Å². The van der Waals surface area contributed by atoms with Crippen LogP contribution in [0.25, 0.3) is 0 Å². The zero-order chi connectivity index (χ0) is 15.7. The average molecular weight is 300 g/mol. The fraction of sp³-hybridized carbons (Fsp3) is 0.429. The first-order valence-electron chi connectivity index (χ1n) is 6.52. The highest BCUT2D eigenvalue weighted by Gasteiger charge is 2.05. The van der Waals surface area contributed by atoms with Gasteiger partial charge in [0.05, 0.1) is 0 Å². The first-order valence-corrected chi connectivity index (χ1v) is 6.52. The lowest BCUT2D eigenvalue weighted by atomic mass is 10.1. The molecule has 5 nitrogen and oxygen atoms in total. The zero-order valence-corrected chi connectivity index (χ0v) is 11.7. The summed E-state index contributed by atoms with van der Waals surface area (Å²) < 4.78 is 28.2. The summed E-state index contributed by atoms with van der Waals surface area (Å²) >= 11 is 0. The minimum Gasteiger partial charge on any atom is -0.435 e. The van der Waals surface area contributed by atoms with Gasteiger partial charge in [0.2, 0.25) is 11.8 Å². The molecule has 0 radical (unpaired) electrons. The Bertz CT molecular complexity index is 464. The lowest BCUT2D eigenvalue weighted by Gasteiger charge is -2.07. The van der Waals surface area contributed by atoms with Gasteiger partial charge in [0.25, 0.3) is 0 Å². The third-order valence-corrected chi connectivity index (χ3v) is 2.61. The molecule has 2 amide bonds. The van der Waals surface area contributed by atoms with Crippen molar-refractivity contribution < 1.29 is 23.1 Å². The molecule has 2 N–H and O–H groups in total. The fourth-order valence-electron chi connectivity index (χ4n) is 1.62. The Morgan fingerprint density at radius 3 is 2.33 bits per heavy atom. The maximum atomic E-state index is 12.0. The topological polar surface area (TPSA) is 67.4 Å². The number of ether oxygens (including phenoxy) is 1. The van der Waals surface area contributed by atoms with Gasteiger partial charge in [-0.2, -0.15) is 8.78 Å². The highest BCUT2D eigenvalue weighted by molar-refractivity contribution is 5.76. The lowest BCUT2D eigenvalue weighted by molar-refractivity contribution is -0.122. The number of halogens is 2. The number of rotatable bonds is 8. The standard InChI is InChI=1S/C14H18F2N2O3/c1-10(19)17-8-9-18-13(20)7-4-11-2-5-12(6-3-11)21-14(15)16/h2-3,5-6,14H,4,7-9H2,1H3,(H,17,19)(H,18,20). The van der Waals surface area contributed by atoms with Crippen molar-refractivity contribution in [3.8, 4) is 5.75 Å². The molecule has 0 saturated carbocycles. The van der Waals surface area contributed by atoms with Crippen LogP contribution in [0.4, 0.5) is 8.78 Å². The number of carbonyl (C=O) groups is 2. The molecule has 7 heteroatoms. The number of hydrogen-bond acceptors (Lipinski definition) is 3. The normalized spacial score (nSPS) is 10.3. The predicted octanol–water partition coefficient (Wildman–Crippen LogP) is 1.47. The third-order valence-electron chi connectivity index (χ3n) is 2.61. The van der Waals surface area contributed by atoms with Gasteiger partial charge in [0.15, 0.2) is 0 Å². The molecule has 0 saturated heterocycles. The molecule has 0 aliphatic rings. The minimum atomic E-state index is -2.84. The predicted molar refractivity (Wildman–Crippen MR) is 73.1 cm³/mol. The second-order valence-electron chi connectivity index (χ2n) is 4.36. The van der Waals surface area contributed by atoms with E-state index in [9.17, 15) is 18.4 Å². The van der Waals surface area contributed by atoms with E-state index in [0.717, 1.165) is 5.56 Å². The molecule has 116 valence electrons. The van der Waals surface area contributed by atoms with Crippen molar-refractivity contribution in [3.63, 3.8) is 0 Å². The summed E-state index contributed by atoms with van der Waals surface area (Å²) in [6.07, 6.45) is 0.788. The number of amides is 2. The van der Waals surface area contributed by atoms with E-state index >= 15 is 0 Å². The summed E-state index contributed by atoms with van der Waals surface area (Å²) in [5, 5.41) is 5.24. The largest absolute Gasteiger partial charge is 0.435 e. The molecule has 21 heavy (non-hydrogen) atoms. The Labute approximate surface area is 121 Å². The van der Waals surface area contributed by atoms with E-state index in [2.05, 4.69) is 15.4 Å². The Morgan fingerprint density at radius 1 is 1.14 bits per heavy atom. The van der Waals surface area contributed by atoms with Gasteiger partial charge in [0.1, 0.15) is 5.75 Å². The van der Waals surface area contributed by atoms with Crippen molar-refractivity contribution in [2.45, 2.75) is 26.4 Å². The lowest BCUT2D eigenvalue weighted by Crippen LogP contribution is -2.33. The van der Waals surface area contributed by atoms with Gasteiger partial charge in [-0.25, -0.2) is 0 Å². The van der Waals surface area contributed by atoms with Gasteiger partial charge in [0, 0.05) is 26.4 Å². The number of nitrogens with one attached hydrogen (secondary N) is 2. The highest BCUT2D eigenvalue weighted by atomic mass is 19.3. The fourth-order valence-corrected chi connectivity index (χ4v) is 1.62. The smallest absolute Gasteiger partial charge is 0.387 e. The van der Waals surface area contributed by atoms with Crippen molar-refractivity contribution in [1.29, 1.82) is 0 Å². The first kappa shape index (κ1) is 16.9. The first-order chi connectivity index (χ1) is 9.97. The zero-order valence-electron chi connectivity index (χ0n) is 11.7. The van der Waals surface area contributed by atoms with Crippen LogP contribution in [0.2, 0.25) is 0 Å². The average Bonchev–Trinajstić information content (AvgIpc) is 2.42. The number of benzene rings is 1. The summed E-state index contributed by atoms with van der Waals surface area (Å²) in [5.41, 5.74) is 0.855. The summed E-state index contributed by atoms with van der Waals surface area (Å²) in [6.45, 7) is -0.672. The molecule has 0 aromatic heterocycles. The molecule has 0 atom stereocenters. The molecule has 1 aromatic carbocycles. The van der Waals surface area contributed by atoms with Crippen LogP contribution in [-0.2, 0) is 16.0 Å². The molecule has 0 heterocycles. The summed E-state index contributed by atoms with van der Waals surface area (Å²) in [5.74, 6) is -0.183. The van der Waals surface area contributed by atoms with E-state index in [4.69, 9.17) is 0 Å². The Morgan fingerprint density at radius 2 is 1.76 bits per heavy atom. The van der Waals surface area contributed by atoms with Crippen LogP contribution in [0.15, 0.2) is 24.3 Å². The summed E-state index contributed by atoms with van der Waals surface area (Å²) in [6, 6.07) is 6.16. The Balaban J connectivity index is 2.24. The second-order valence-corrected chi connectivity index (χ2v) is 4.36. The van der Waals surface area contributed by atoms with Gasteiger partial charge in [-0.15, -0.1) is 0 Å². The molecule has 1 aromatic rings. The van der Waals surface area contributed by atoms with Crippen LogP contribution in [0, 0.1) is 0 Å². The van der Waals surface area contributed by atoms with Gasteiger partial charge >= 0.3 is 6.61 Å². The van der Waals surface area contributed by atoms with E-state index in [1.54, 1.807) is 12.1 Å². The van der Waals surface area contributed by atoms with E-state index in [1.807, 2.05) is 0 Å². The van der Waals surface area contributed by atoms with Gasteiger partial charge < -0.3 is 15.4 Å². The van der Waals surface area contributed by atoms with Crippen molar-refractivity contribution in [3.05, 3.63) is 29.8 Å². The molecule has 0 fully saturated rings. The monoisotopic (exact) mass is 300 g/mol. The maximum absolute atomic E-state index is 12.0. The molecule has 0 aliphatic heterocycles. The number of carbonyl (C=O) groups excluding carboxylic acids is 2. The highest BCUT2D eigenvalue weighted by Crippen LogP contribution is 2.15. The van der Waals surface area contributed by atoms with Gasteiger partial charge in [-0.3, -0.25) is 9.59 Å². The SMILES string of the molecule is CC(=O)NCCNC(=O)CCc1ccc(OC(F)F)cc1. The number of aryl methyl sites for hydroxylation is 1. The number of alkyl halides is 2. The molecular weight excluding hydrogens is 282 g/mol. The Kier molecular flexibility index (Phi) is 7.14. The van der Waals surface area contributed by atoms with Crippen LogP contribution in [0.1, 0.15) is 18.9 Å². The molecule has 0 spiro atoms. The Hall–Kier alpha value is -2.18. The van der Waals surface area contributed by atoms with Gasteiger partial charge in [-0.1, -0.05) is 12.1 Å². The van der Waals surface area contributed by atoms with Crippen molar-refractivity contribution in [1.82, 2.24) is 10.6 Å². The van der Waals surface area contributed by atoms with Crippen LogP contribution >= 0.6 is 0 Å². The molecule has 0 unspecified atom stereocenters.